The van der Waals surface area contributed by atoms with Gasteiger partial charge >= 0.3 is 0 Å². The Labute approximate surface area is 127 Å². The molecule has 2 aromatic rings. The quantitative estimate of drug-likeness (QED) is 0.828. The van der Waals surface area contributed by atoms with E-state index < -0.39 is 10.0 Å². The standard InChI is InChI=1S/C13H15N5O3S/c19-13(18-6-2-4-11-12(18)8-15-17-11)9-16-22(20,21)10-3-1-5-14-7-10/h1,3,5,7-8,16H,2,4,6,9H2,(H,15,17). The monoisotopic (exact) mass is 321 g/mol. The fourth-order valence-electron chi connectivity index (χ4n) is 2.36. The lowest BCUT2D eigenvalue weighted by Gasteiger charge is -2.26. The molecule has 0 saturated heterocycles. The summed E-state index contributed by atoms with van der Waals surface area (Å²) in [6.07, 6.45) is 5.96. The zero-order valence-electron chi connectivity index (χ0n) is 11.7. The number of sulfonamides is 1. The first-order valence-electron chi connectivity index (χ1n) is 6.80. The Kier molecular flexibility index (Phi) is 3.90. The van der Waals surface area contributed by atoms with E-state index in [0.29, 0.717) is 6.54 Å². The summed E-state index contributed by atoms with van der Waals surface area (Å²) < 4.78 is 26.5. The lowest BCUT2D eigenvalue weighted by atomic mass is 10.1. The number of fused-ring (bicyclic) bond motifs is 1. The number of carbonyl (C=O) groups excluding carboxylic acids is 1. The average Bonchev–Trinajstić information content (AvgIpc) is 3.02. The van der Waals surface area contributed by atoms with Crippen molar-refractivity contribution in [3.8, 4) is 0 Å². The molecule has 1 aliphatic heterocycles. The van der Waals surface area contributed by atoms with Gasteiger partial charge in [-0.3, -0.25) is 14.9 Å². The second-order valence-electron chi connectivity index (χ2n) is 4.90. The molecule has 116 valence electrons. The van der Waals surface area contributed by atoms with Gasteiger partial charge < -0.3 is 4.90 Å². The SMILES string of the molecule is O=C(CNS(=O)(=O)c1cccnc1)N1CCCc2[nH]ncc21. The van der Waals surface area contributed by atoms with Crippen molar-refractivity contribution in [1.29, 1.82) is 0 Å². The van der Waals surface area contributed by atoms with E-state index in [4.69, 9.17) is 0 Å². The van der Waals surface area contributed by atoms with E-state index in [1.165, 1.54) is 24.5 Å². The lowest BCUT2D eigenvalue weighted by molar-refractivity contribution is -0.117. The summed E-state index contributed by atoms with van der Waals surface area (Å²) in [5.74, 6) is -0.310. The van der Waals surface area contributed by atoms with Gasteiger partial charge in [-0.2, -0.15) is 5.10 Å². The first-order valence-corrected chi connectivity index (χ1v) is 8.28. The zero-order chi connectivity index (χ0) is 15.6. The second kappa shape index (κ2) is 5.85. The Morgan fingerprint density at radius 3 is 3.05 bits per heavy atom. The van der Waals surface area contributed by atoms with Gasteiger partial charge in [0.05, 0.1) is 24.1 Å². The predicted octanol–water partition coefficient (Wildman–Crippen LogP) is 0.0624. The number of carbonyl (C=O) groups is 1. The number of hydrogen-bond acceptors (Lipinski definition) is 5. The van der Waals surface area contributed by atoms with Crippen LogP contribution in [-0.2, 0) is 21.2 Å². The number of anilines is 1. The lowest BCUT2D eigenvalue weighted by Crippen LogP contribution is -2.42. The molecule has 0 aliphatic carbocycles. The minimum Gasteiger partial charge on any atom is -0.308 e. The number of H-pyrrole nitrogens is 1. The molecule has 0 saturated carbocycles. The molecular formula is C13H15N5O3S. The fraction of sp³-hybridized carbons (Fsp3) is 0.308. The van der Waals surface area contributed by atoms with Crippen LogP contribution in [0.25, 0.3) is 0 Å². The van der Waals surface area contributed by atoms with E-state index >= 15 is 0 Å². The van der Waals surface area contributed by atoms with Crippen molar-refractivity contribution < 1.29 is 13.2 Å². The summed E-state index contributed by atoms with van der Waals surface area (Å²) in [4.78, 5) is 17.6. The summed E-state index contributed by atoms with van der Waals surface area (Å²) in [6.45, 7) is 0.252. The summed E-state index contributed by atoms with van der Waals surface area (Å²) in [5.41, 5.74) is 1.62. The number of hydrogen-bond donors (Lipinski definition) is 2. The molecule has 0 spiro atoms. The highest BCUT2D eigenvalue weighted by molar-refractivity contribution is 7.89. The Morgan fingerprint density at radius 2 is 2.27 bits per heavy atom. The molecule has 2 aromatic heterocycles. The molecule has 3 rings (SSSR count). The van der Waals surface area contributed by atoms with Crippen LogP contribution in [0.5, 0.6) is 0 Å². The number of pyridine rings is 1. The molecule has 1 aliphatic rings. The van der Waals surface area contributed by atoms with Gasteiger partial charge in [0.15, 0.2) is 0 Å². The van der Waals surface area contributed by atoms with Crippen LogP contribution < -0.4 is 9.62 Å². The molecule has 2 N–H and O–H groups in total. The van der Waals surface area contributed by atoms with Crippen LogP contribution in [0.4, 0.5) is 5.69 Å². The molecule has 0 unspecified atom stereocenters. The topological polar surface area (TPSA) is 108 Å². The van der Waals surface area contributed by atoms with Gasteiger partial charge in [-0.05, 0) is 25.0 Å². The van der Waals surface area contributed by atoms with Crippen LogP contribution in [0, 0.1) is 0 Å². The summed E-state index contributed by atoms with van der Waals surface area (Å²) in [5, 5.41) is 6.78. The smallest absolute Gasteiger partial charge is 0.242 e. The highest BCUT2D eigenvalue weighted by Crippen LogP contribution is 2.24. The maximum absolute atomic E-state index is 12.3. The number of amides is 1. The van der Waals surface area contributed by atoms with Gasteiger partial charge in [0.2, 0.25) is 15.9 Å². The number of rotatable bonds is 4. The fourth-order valence-corrected chi connectivity index (χ4v) is 3.30. The van der Waals surface area contributed by atoms with E-state index in [1.54, 1.807) is 11.1 Å². The van der Waals surface area contributed by atoms with Crippen LogP contribution in [0.2, 0.25) is 0 Å². The van der Waals surface area contributed by atoms with Crippen molar-refractivity contribution in [2.24, 2.45) is 0 Å². The van der Waals surface area contributed by atoms with Crippen molar-refractivity contribution in [1.82, 2.24) is 19.9 Å². The van der Waals surface area contributed by atoms with Gasteiger partial charge in [-0.25, -0.2) is 13.1 Å². The minimum atomic E-state index is -3.74. The van der Waals surface area contributed by atoms with Gasteiger partial charge in [0.25, 0.3) is 0 Å². The molecule has 22 heavy (non-hydrogen) atoms. The van der Waals surface area contributed by atoms with E-state index in [1.807, 2.05) is 0 Å². The third-order valence-electron chi connectivity index (χ3n) is 3.45. The summed E-state index contributed by atoms with van der Waals surface area (Å²) in [7, 11) is -3.74. The normalized spacial score (nSPS) is 14.6. The van der Waals surface area contributed by atoms with Gasteiger partial charge in [0.1, 0.15) is 4.90 Å². The number of aryl methyl sites for hydroxylation is 1. The van der Waals surface area contributed by atoms with E-state index in [-0.39, 0.29) is 17.3 Å². The number of aromatic nitrogens is 3. The van der Waals surface area contributed by atoms with Crippen LogP contribution >= 0.6 is 0 Å². The predicted molar refractivity (Wildman–Crippen MR) is 78.7 cm³/mol. The number of nitrogens with one attached hydrogen (secondary N) is 2. The van der Waals surface area contributed by atoms with Crippen LogP contribution in [0.1, 0.15) is 12.1 Å². The Hall–Kier alpha value is -2.26. The van der Waals surface area contributed by atoms with Crippen molar-refractivity contribution in [3.05, 3.63) is 36.4 Å². The molecular weight excluding hydrogens is 306 g/mol. The van der Waals surface area contributed by atoms with E-state index in [2.05, 4.69) is 19.9 Å². The van der Waals surface area contributed by atoms with Crippen LogP contribution in [-0.4, -0.2) is 42.6 Å². The highest BCUT2D eigenvalue weighted by Gasteiger charge is 2.25. The molecule has 0 aromatic carbocycles. The minimum absolute atomic E-state index is 0.0328. The molecule has 9 heteroatoms. The second-order valence-corrected chi connectivity index (χ2v) is 6.66. The van der Waals surface area contributed by atoms with E-state index in [0.717, 1.165) is 24.2 Å². The van der Waals surface area contributed by atoms with Crippen LogP contribution in [0.3, 0.4) is 0 Å². The van der Waals surface area contributed by atoms with Gasteiger partial charge in [-0.1, -0.05) is 0 Å². The maximum atomic E-state index is 12.3. The van der Waals surface area contributed by atoms with Crippen molar-refractivity contribution in [2.75, 3.05) is 18.0 Å². The zero-order valence-corrected chi connectivity index (χ0v) is 12.5. The number of aromatic amines is 1. The van der Waals surface area contributed by atoms with Crippen molar-refractivity contribution in [3.63, 3.8) is 0 Å². The van der Waals surface area contributed by atoms with Crippen molar-refractivity contribution >= 4 is 21.6 Å². The molecule has 8 nitrogen and oxygen atoms in total. The van der Waals surface area contributed by atoms with E-state index in [9.17, 15) is 13.2 Å². The third-order valence-corrected chi connectivity index (χ3v) is 4.84. The Balaban J connectivity index is 1.69. The molecule has 3 heterocycles. The molecule has 1 amide bonds. The Bertz CT molecular complexity index is 772. The first kappa shape index (κ1) is 14.7. The molecule has 0 radical (unpaired) electrons. The highest BCUT2D eigenvalue weighted by atomic mass is 32.2. The van der Waals surface area contributed by atoms with Crippen LogP contribution in [0.15, 0.2) is 35.6 Å². The van der Waals surface area contributed by atoms with Gasteiger partial charge in [0, 0.05) is 18.9 Å². The number of nitrogens with zero attached hydrogens (tertiary/aromatic N) is 3. The largest absolute Gasteiger partial charge is 0.308 e. The first-order chi connectivity index (χ1) is 10.6. The molecule has 0 fully saturated rings. The molecule has 0 atom stereocenters. The molecule has 0 bridgehead atoms. The van der Waals surface area contributed by atoms with Crippen molar-refractivity contribution in [2.45, 2.75) is 17.7 Å². The summed E-state index contributed by atoms with van der Waals surface area (Å²) >= 11 is 0. The van der Waals surface area contributed by atoms with Gasteiger partial charge in [-0.15, -0.1) is 0 Å². The third kappa shape index (κ3) is 2.85. The maximum Gasteiger partial charge on any atom is 0.242 e. The average molecular weight is 321 g/mol. The Morgan fingerprint density at radius 1 is 1.41 bits per heavy atom. The summed E-state index contributed by atoms with van der Waals surface area (Å²) in [6, 6.07) is 2.95.